The quantitative estimate of drug-likeness (QED) is 0.586. The summed E-state index contributed by atoms with van der Waals surface area (Å²) in [6.07, 6.45) is 1.35. The lowest BCUT2D eigenvalue weighted by Crippen LogP contribution is -2.10. The second-order valence-corrected chi connectivity index (χ2v) is 3.45. The molecule has 0 spiro atoms. The molecule has 0 radical (unpaired) electrons. The van der Waals surface area contributed by atoms with Crippen molar-refractivity contribution < 1.29 is 14.6 Å². The van der Waals surface area contributed by atoms with Crippen molar-refractivity contribution >= 4 is 5.97 Å². The van der Waals surface area contributed by atoms with Gasteiger partial charge in [0.15, 0.2) is 0 Å². The molecule has 0 aliphatic rings. The Morgan fingerprint density at radius 3 is 2.62 bits per heavy atom. The van der Waals surface area contributed by atoms with Crippen LogP contribution in [0.15, 0.2) is 42.5 Å². The molecule has 1 aromatic rings. The Labute approximate surface area is 95.4 Å². The Morgan fingerprint density at radius 1 is 1.31 bits per heavy atom. The van der Waals surface area contributed by atoms with Crippen LogP contribution in [0.1, 0.15) is 12.0 Å². The van der Waals surface area contributed by atoms with Gasteiger partial charge in [-0.25, -0.2) is 4.79 Å². The molecule has 0 aliphatic carbocycles. The average Bonchev–Trinajstić information content (AvgIpc) is 2.34. The highest BCUT2D eigenvalue weighted by Gasteiger charge is 2.07. The fourth-order valence-electron chi connectivity index (χ4n) is 1.28. The zero-order valence-corrected chi connectivity index (χ0v) is 9.19. The van der Waals surface area contributed by atoms with E-state index in [9.17, 15) is 4.79 Å². The van der Waals surface area contributed by atoms with Crippen LogP contribution in [-0.2, 0) is 16.0 Å². The Bertz CT molecular complexity index is 343. The molecule has 0 aliphatic heterocycles. The fraction of sp³-hybridized carbons (Fsp3) is 0.308. The van der Waals surface area contributed by atoms with Crippen LogP contribution >= 0.6 is 0 Å². The van der Waals surface area contributed by atoms with Crippen LogP contribution in [-0.4, -0.2) is 24.3 Å². The predicted octanol–water partition coefficient (Wildman–Crippen LogP) is 1.71. The van der Waals surface area contributed by atoms with E-state index in [-0.39, 0.29) is 13.2 Å². The number of esters is 1. The SMILES string of the molecule is C=C(CCc1ccccc1)C(=O)OCCO. The Hall–Kier alpha value is -1.61. The molecule has 0 heterocycles. The lowest BCUT2D eigenvalue weighted by atomic mass is 10.1. The molecule has 0 bridgehead atoms. The zero-order valence-electron chi connectivity index (χ0n) is 9.19. The molecule has 3 nitrogen and oxygen atoms in total. The lowest BCUT2D eigenvalue weighted by Gasteiger charge is -2.05. The van der Waals surface area contributed by atoms with Gasteiger partial charge in [-0.15, -0.1) is 0 Å². The van der Waals surface area contributed by atoms with Crippen molar-refractivity contribution in [3.63, 3.8) is 0 Å². The Balaban J connectivity index is 2.32. The van der Waals surface area contributed by atoms with Crippen LogP contribution in [0.4, 0.5) is 0 Å². The standard InChI is InChI=1S/C13H16O3/c1-11(13(15)16-10-9-14)7-8-12-5-3-2-4-6-12/h2-6,14H,1,7-10H2. The molecular weight excluding hydrogens is 204 g/mol. The predicted molar refractivity (Wildman–Crippen MR) is 61.9 cm³/mol. The van der Waals surface area contributed by atoms with E-state index in [1.54, 1.807) is 0 Å². The molecule has 0 amide bonds. The van der Waals surface area contributed by atoms with Gasteiger partial charge in [0.2, 0.25) is 0 Å². The summed E-state index contributed by atoms with van der Waals surface area (Å²) < 4.78 is 4.75. The second kappa shape index (κ2) is 6.80. The van der Waals surface area contributed by atoms with Gasteiger partial charge < -0.3 is 9.84 Å². The first kappa shape index (κ1) is 12.5. The van der Waals surface area contributed by atoms with Gasteiger partial charge in [0, 0.05) is 5.57 Å². The molecule has 16 heavy (non-hydrogen) atoms. The largest absolute Gasteiger partial charge is 0.460 e. The monoisotopic (exact) mass is 220 g/mol. The number of ether oxygens (including phenoxy) is 1. The highest BCUT2D eigenvalue weighted by atomic mass is 16.5. The van der Waals surface area contributed by atoms with E-state index in [2.05, 4.69) is 6.58 Å². The van der Waals surface area contributed by atoms with Crippen molar-refractivity contribution in [3.8, 4) is 0 Å². The highest BCUT2D eigenvalue weighted by molar-refractivity contribution is 5.87. The summed E-state index contributed by atoms with van der Waals surface area (Å²) in [4.78, 5) is 11.3. The topological polar surface area (TPSA) is 46.5 Å². The average molecular weight is 220 g/mol. The van der Waals surface area contributed by atoms with E-state index >= 15 is 0 Å². The number of aliphatic hydroxyl groups excluding tert-OH is 1. The van der Waals surface area contributed by atoms with Crippen LogP contribution in [0.2, 0.25) is 0 Å². The number of hydrogen-bond donors (Lipinski definition) is 1. The minimum atomic E-state index is -0.426. The van der Waals surface area contributed by atoms with Crippen molar-refractivity contribution in [2.75, 3.05) is 13.2 Å². The molecule has 1 N–H and O–H groups in total. The minimum absolute atomic E-state index is 0.0309. The first-order valence-corrected chi connectivity index (χ1v) is 5.23. The smallest absolute Gasteiger partial charge is 0.333 e. The first-order valence-electron chi connectivity index (χ1n) is 5.23. The van der Waals surface area contributed by atoms with Crippen LogP contribution in [0.5, 0.6) is 0 Å². The number of benzene rings is 1. The molecule has 0 fully saturated rings. The van der Waals surface area contributed by atoms with Crippen LogP contribution in [0, 0.1) is 0 Å². The highest BCUT2D eigenvalue weighted by Crippen LogP contribution is 2.08. The Morgan fingerprint density at radius 2 is 2.00 bits per heavy atom. The molecule has 1 aromatic carbocycles. The maximum Gasteiger partial charge on any atom is 0.333 e. The molecule has 0 atom stereocenters. The van der Waals surface area contributed by atoms with Gasteiger partial charge in [0.25, 0.3) is 0 Å². The summed E-state index contributed by atoms with van der Waals surface area (Å²) >= 11 is 0. The zero-order chi connectivity index (χ0) is 11.8. The van der Waals surface area contributed by atoms with Gasteiger partial charge >= 0.3 is 5.97 Å². The van der Waals surface area contributed by atoms with Gasteiger partial charge in [-0.3, -0.25) is 0 Å². The molecular formula is C13H16O3. The van der Waals surface area contributed by atoms with Crippen LogP contribution in [0.3, 0.4) is 0 Å². The van der Waals surface area contributed by atoms with Gasteiger partial charge in [-0.05, 0) is 18.4 Å². The van der Waals surface area contributed by atoms with Crippen molar-refractivity contribution in [1.82, 2.24) is 0 Å². The summed E-state index contributed by atoms with van der Waals surface area (Å²) in [5, 5.41) is 8.50. The fourth-order valence-corrected chi connectivity index (χ4v) is 1.28. The van der Waals surface area contributed by atoms with E-state index < -0.39 is 5.97 Å². The maximum atomic E-state index is 11.3. The van der Waals surface area contributed by atoms with Crippen molar-refractivity contribution in [2.45, 2.75) is 12.8 Å². The number of rotatable bonds is 6. The summed E-state index contributed by atoms with van der Waals surface area (Å²) in [6, 6.07) is 9.89. The first-order chi connectivity index (χ1) is 7.74. The molecule has 0 unspecified atom stereocenters. The third-order valence-corrected chi connectivity index (χ3v) is 2.17. The van der Waals surface area contributed by atoms with Gasteiger partial charge in [0.05, 0.1) is 6.61 Å². The normalized spacial score (nSPS) is 9.81. The molecule has 0 aromatic heterocycles. The van der Waals surface area contributed by atoms with Gasteiger partial charge in [0.1, 0.15) is 6.61 Å². The second-order valence-electron chi connectivity index (χ2n) is 3.45. The number of carbonyl (C=O) groups excluding carboxylic acids is 1. The number of aliphatic hydroxyl groups is 1. The van der Waals surface area contributed by atoms with Gasteiger partial charge in [-0.1, -0.05) is 36.9 Å². The third kappa shape index (κ3) is 4.28. The van der Waals surface area contributed by atoms with E-state index in [0.29, 0.717) is 12.0 Å². The van der Waals surface area contributed by atoms with Crippen molar-refractivity contribution in [3.05, 3.63) is 48.0 Å². The summed E-state index contributed by atoms with van der Waals surface area (Å²) in [7, 11) is 0. The number of aryl methyl sites for hydroxylation is 1. The van der Waals surface area contributed by atoms with Crippen LogP contribution in [0.25, 0.3) is 0 Å². The molecule has 3 heteroatoms. The van der Waals surface area contributed by atoms with E-state index in [1.165, 1.54) is 5.56 Å². The molecule has 0 saturated carbocycles. The van der Waals surface area contributed by atoms with Gasteiger partial charge in [-0.2, -0.15) is 0 Å². The Kier molecular flexibility index (Phi) is 5.29. The summed E-state index contributed by atoms with van der Waals surface area (Å²) in [5.41, 5.74) is 1.61. The lowest BCUT2D eigenvalue weighted by molar-refractivity contribution is -0.140. The third-order valence-electron chi connectivity index (χ3n) is 2.17. The van der Waals surface area contributed by atoms with Crippen molar-refractivity contribution in [2.24, 2.45) is 0 Å². The summed E-state index contributed by atoms with van der Waals surface area (Å²) in [5.74, 6) is -0.426. The van der Waals surface area contributed by atoms with E-state index in [1.807, 2.05) is 30.3 Å². The number of hydrogen-bond acceptors (Lipinski definition) is 3. The number of carbonyl (C=O) groups is 1. The van der Waals surface area contributed by atoms with E-state index in [4.69, 9.17) is 9.84 Å². The van der Waals surface area contributed by atoms with Crippen molar-refractivity contribution in [1.29, 1.82) is 0 Å². The molecule has 1 rings (SSSR count). The minimum Gasteiger partial charge on any atom is -0.460 e. The molecule has 86 valence electrons. The van der Waals surface area contributed by atoms with Crippen LogP contribution < -0.4 is 0 Å². The molecule has 0 saturated heterocycles. The maximum absolute atomic E-state index is 11.3. The van der Waals surface area contributed by atoms with E-state index in [0.717, 1.165) is 6.42 Å². The summed E-state index contributed by atoms with van der Waals surface area (Å²) in [6.45, 7) is 3.54.